The summed E-state index contributed by atoms with van der Waals surface area (Å²) in [6, 6.07) is 17.3. The molecular formula is C19H22N2O2. The van der Waals surface area contributed by atoms with Crippen molar-refractivity contribution in [1.29, 1.82) is 0 Å². The normalized spacial score (nSPS) is 11.6. The lowest BCUT2D eigenvalue weighted by Gasteiger charge is -2.13. The van der Waals surface area contributed by atoms with E-state index in [1.807, 2.05) is 44.2 Å². The molecule has 2 aromatic carbocycles. The summed E-state index contributed by atoms with van der Waals surface area (Å²) in [4.78, 5) is 23.8. The van der Waals surface area contributed by atoms with Crippen LogP contribution in [0.2, 0.25) is 0 Å². The summed E-state index contributed by atoms with van der Waals surface area (Å²) in [5.74, 6) is -1.24. The van der Waals surface area contributed by atoms with Crippen LogP contribution < -0.4 is 10.6 Å². The minimum absolute atomic E-state index is 0.0635. The van der Waals surface area contributed by atoms with Crippen LogP contribution in [-0.2, 0) is 16.0 Å². The van der Waals surface area contributed by atoms with Crippen LogP contribution in [0.3, 0.4) is 0 Å². The summed E-state index contributed by atoms with van der Waals surface area (Å²) in [7, 11) is 0. The summed E-state index contributed by atoms with van der Waals surface area (Å²) in [6.45, 7) is 3.87. The van der Waals surface area contributed by atoms with Gasteiger partial charge >= 0.3 is 11.8 Å². The lowest BCUT2D eigenvalue weighted by Crippen LogP contribution is -2.40. The molecule has 0 aromatic heterocycles. The van der Waals surface area contributed by atoms with Crippen molar-refractivity contribution in [3.63, 3.8) is 0 Å². The number of carbonyl (C=O) groups is 2. The van der Waals surface area contributed by atoms with Gasteiger partial charge in [0.05, 0.1) is 0 Å². The highest BCUT2D eigenvalue weighted by molar-refractivity contribution is 6.39. The molecule has 0 aliphatic rings. The number of amides is 2. The molecule has 0 aliphatic carbocycles. The lowest BCUT2D eigenvalue weighted by atomic mass is 10.1. The number of carbonyl (C=O) groups excluding carboxylic acids is 2. The predicted molar refractivity (Wildman–Crippen MR) is 92.2 cm³/mol. The Balaban J connectivity index is 1.78. The van der Waals surface area contributed by atoms with E-state index in [4.69, 9.17) is 0 Å². The van der Waals surface area contributed by atoms with Gasteiger partial charge in [0.15, 0.2) is 0 Å². The molecule has 2 amide bonds. The molecule has 0 bridgehead atoms. The number of anilines is 1. The molecule has 0 spiro atoms. The van der Waals surface area contributed by atoms with E-state index in [0.717, 1.165) is 18.4 Å². The topological polar surface area (TPSA) is 58.2 Å². The van der Waals surface area contributed by atoms with Gasteiger partial charge in [-0.25, -0.2) is 0 Å². The molecule has 1 atom stereocenters. The Morgan fingerprint density at radius 1 is 0.957 bits per heavy atom. The van der Waals surface area contributed by atoms with Crippen LogP contribution in [0.25, 0.3) is 0 Å². The molecule has 23 heavy (non-hydrogen) atoms. The van der Waals surface area contributed by atoms with Gasteiger partial charge in [-0.3, -0.25) is 9.59 Å². The van der Waals surface area contributed by atoms with Gasteiger partial charge in [0.25, 0.3) is 0 Å². The molecule has 1 unspecified atom stereocenters. The standard InChI is InChI=1S/C19H22N2O2/c1-14-8-12-17(13-9-14)21-19(23)18(22)20-15(2)10-11-16-6-4-3-5-7-16/h3-9,12-13,15H,10-11H2,1-2H3,(H,20,22)(H,21,23). The zero-order chi connectivity index (χ0) is 16.7. The maximum absolute atomic E-state index is 11.9. The molecule has 2 rings (SSSR count). The number of hydrogen-bond donors (Lipinski definition) is 2. The smallest absolute Gasteiger partial charge is 0.313 e. The second kappa shape index (κ2) is 8.13. The number of aryl methyl sites for hydroxylation is 2. The maximum Gasteiger partial charge on any atom is 0.313 e. The zero-order valence-corrected chi connectivity index (χ0v) is 13.5. The predicted octanol–water partition coefficient (Wildman–Crippen LogP) is 3.07. The Bertz CT molecular complexity index is 651. The number of benzene rings is 2. The third-order valence-corrected chi connectivity index (χ3v) is 3.60. The summed E-state index contributed by atoms with van der Waals surface area (Å²) in [5.41, 5.74) is 2.94. The minimum Gasteiger partial charge on any atom is -0.345 e. The van der Waals surface area contributed by atoms with Gasteiger partial charge < -0.3 is 10.6 Å². The molecule has 0 radical (unpaired) electrons. The van der Waals surface area contributed by atoms with Crippen molar-refractivity contribution in [2.24, 2.45) is 0 Å². The van der Waals surface area contributed by atoms with Gasteiger partial charge in [-0.15, -0.1) is 0 Å². The van der Waals surface area contributed by atoms with Crippen molar-refractivity contribution >= 4 is 17.5 Å². The fourth-order valence-electron chi connectivity index (χ4n) is 2.21. The largest absolute Gasteiger partial charge is 0.345 e. The lowest BCUT2D eigenvalue weighted by molar-refractivity contribution is -0.136. The van der Waals surface area contributed by atoms with Gasteiger partial charge in [0.1, 0.15) is 0 Å². The molecular weight excluding hydrogens is 288 g/mol. The second-order valence-electron chi connectivity index (χ2n) is 5.72. The summed E-state index contributed by atoms with van der Waals surface area (Å²) < 4.78 is 0. The fourth-order valence-corrected chi connectivity index (χ4v) is 2.21. The van der Waals surface area contributed by atoms with Gasteiger partial charge in [0, 0.05) is 11.7 Å². The van der Waals surface area contributed by atoms with Crippen LogP contribution in [0, 0.1) is 6.92 Å². The molecule has 0 aliphatic heterocycles. The van der Waals surface area contributed by atoms with Gasteiger partial charge in [-0.2, -0.15) is 0 Å². The first-order valence-electron chi connectivity index (χ1n) is 7.77. The Kier molecular flexibility index (Phi) is 5.92. The fraction of sp³-hybridized carbons (Fsp3) is 0.263. The van der Waals surface area contributed by atoms with E-state index in [1.54, 1.807) is 12.1 Å². The van der Waals surface area contributed by atoms with E-state index in [-0.39, 0.29) is 6.04 Å². The highest BCUT2D eigenvalue weighted by Crippen LogP contribution is 2.08. The van der Waals surface area contributed by atoms with Crippen molar-refractivity contribution < 1.29 is 9.59 Å². The van der Waals surface area contributed by atoms with Gasteiger partial charge in [-0.05, 0) is 44.4 Å². The van der Waals surface area contributed by atoms with Crippen LogP contribution in [0.4, 0.5) is 5.69 Å². The Hall–Kier alpha value is -2.62. The van der Waals surface area contributed by atoms with Crippen LogP contribution in [0.1, 0.15) is 24.5 Å². The van der Waals surface area contributed by atoms with Crippen molar-refractivity contribution in [3.05, 3.63) is 65.7 Å². The Labute approximate surface area is 136 Å². The third kappa shape index (κ3) is 5.58. The molecule has 120 valence electrons. The van der Waals surface area contributed by atoms with E-state index in [9.17, 15) is 9.59 Å². The molecule has 0 fully saturated rings. The van der Waals surface area contributed by atoms with Crippen molar-refractivity contribution in [2.45, 2.75) is 32.7 Å². The SMILES string of the molecule is Cc1ccc(NC(=O)C(=O)NC(C)CCc2ccccc2)cc1. The summed E-state index contributed by atoms with van der Waals surface area (Å²) in [6.07, 6.45) is 1.65. The molecule has 4 nitrogen and oxygen atoms in total. The third-order valence-electron chi connectivity index (χ3n) is 3.60. The molecule has 0 saturated heterocycles. The van der Waals surface area contributed by atoms with Gasteiger partial charge in [-0.1, -0.05) is 48.0 Å². The second-order valence-corrected chi connectivity index (χ2v) is 5.72. The van der Waals surface area contributed by atoms with E-state index in [1.165, 1.54) is 5.56 Å². The van der Waals surface area contributed by atoms with Crippen molar-refractivity contribution in [3.8, 4) is 0 Å². The highest BCUT2D eigenvalue weighted by atomic mass is 16.2. The average Bonchev–Trinajstić information content (AvgIpc) is 2.56. The highest BCUT2D eigenvalue weighted by Gasteiger charge is 2.16. The van der Waals surface area contributed by atoms with E-state index in [0.29, 0.717) is 5.69 Å². The first-order chi connectivity index (χ1) is 11.0. The van der Waals surface area contributed by atoms with E-state index in [2.05, 4.69) is 22.8 Å². The molecule has 2 aromatic rings. The monoisotopic (exact) mass is 310 g/mol. The molecule has 2 N–H and O–H groups in total. The minimum atomic E-state index is -0.639. The van der Waals surface area contributed by atoms with E-state index >= 15 is 0 Å². The first kappa shape index (κ1) is 16.7. The number of nitrogens with one attached hydrogen (secondary N) is 2. The van der Waals surface area contributed by atoms with Crippen molar-refractivity contribution in [1.82, 2.24) is 5.32 Å². The quantitative estimate of drug-likeness (QED) is 0.834. The number of rotatable bonds is 5. The zero-order valence-electron chi connectivity index (χ0n) is 13.5. The molecule has 0 heterocycles. The average molecular weight is 310 g/mol. The summed E-state index contributed by atoms with van der Waals surface area (Å²) in [5, 5.41) is 5.33. The number of hydrogen-bond acceptors (Lipinski definition) is 2. The van der Waals surface area contributed by atoms with Crippen LogP contribution >= 0.6 is 0 Å². The van der Waals surface area contributed by atoms with Crippen LogP contribution in [0.5, 0.6) is 0 Å². The van der Waals surface area contributed by atoms with Crippen LogP contribution in [0.15, 0.2) is 54.6 Å². The first-order valence-corrected chi connectivity index (χ1v) is 7.77. The molecule has 4 heteroatoms. The van der Waals surface area contributed by atoms with Gasteiger partial charge in [0.2, 0.25) is 0 Å². The summed E-state index contributed by atoms with van der Waals surface area (Å²) >= 11 is 0. The molecule has 0 saturated carbocycles. The Morgan fingerprint density at radius 2 is 1.61 bits per heavy atom. The van der Waals surface area contributed by atoms with Crippen LogP contribution in [-0.4, -0.2) is 17.9 Å². The van der Waals surface area contributed by atoms with E-state index < -0.39 is 11.8 Å². The Morgan fingerprint density at radius 3 is 2.26 bits per heavy atom. The van der Waals surface area contributed by atoms with Crippen molar-refractivity contribution in [2.75, 3.05) is 5.32 Å². The maximum atomic E-state index is 11.9.